The summed E-state index contributed by atoms with van der Waals surface area (Å²) >= 11 is 6.32. The summed E-state index contributed by atoms with van der Waals surface area (Å²) in [5, 5.41) is 1.40. The Hall–Kier alpha value is -2.91. The summed E-state index contributed by atoms with van der Waals surface area (Å²) < 4.78 is 5.81. The number of hydrogen-bond acceptors (Lipinski definition) is 3. The zero-order valence-electron chi connectivity index (χ0n) is 12.7. The second-order valence-corrected chi connectivity index (χ2v) is 5.67. The average Bonchev–Trinajstić information content (AvgIpc) is 2.63. The third-order valence-corrected chi connectivity index (χ3v) is 3.98. The van der Waals surface area contributed by atoms with Crippen LogP contribution in [-0.2, 0) is 0 Å². The molecule has 4 heteroatoms. The molecule has 0 N–H and O–H groups in total. The van der Waals surface area contributed by atoms with Crippen LogP contribution in [0.2, 0.25) is 5.15 Å². The molecule has 0 saturated heterocycles. The van der Waals surface area contributed by atoms with E-state index < -0.39 is 0 Å². The Morgan fingerprint density at radius 3 is 2.33 bits per heavy atom. The molecule has 3 nitrogen and oxygen atoms in total. The standard InChI is InChI=1S/C20H13ClN2O/c21-19-18(13-15-5-4-12-22-20(15)23-19)14-8-10-17(11-9-14)24-16-6-2-1-3-7-16/h1-13H. The molecule has 0 spiro atoms. The van der Waals surface area contributed by atoms with Gasteiger partial charge in [-0.15, -0.1) is 0 Å². The molecular formula is C20H13ClN2O. The van der Waals surface area contributed by atoms with Gasteiger partial charge in [-0.05, 0) is 48.0 Å². The Labute approximate surface area is 144 Å². The fourth-order valence-corrected chi connectivity index (χ4v) is 2.76. The topological polar surface area (TPSA) is 35.0 Å². The van der Waals surface area contributed by atoms with Gasteiger partial charge in [0.1, 0.15) is 16.7 Å². The van der Waals surface area contributed by atoms with E-state index in [1.807, 2.05) is 72.8 Å². The predicted molar refractivity (Wildman–Crippen MR) is 96.5 cm³/mol. The number of hydrogen-bond donors (Lipinski definition) is 0. The van der Waals surface area contributed by atoms with E-state index in [1.165, 1.54) is 0 Å². The quantitative estimate of drug-likeness (QED) is 0.448. The second-order valence-electron chi connectivity index (χ2n) is 5.32. The summed E-state index contributed by atoms with van der Waals surface area (Å²) in [6.45, 7) is 0. The first-order valence-corrected chi connectivity index (χ1v) is 7.92. The van der Waals surface area contributed by atoms with E-state index in [1.54, 1.807) is 6.20 Å². The van der Waals surface area contributed by atoms with Gasteiger partial charge in [0.05, 0.1) is 0 Å². The zero-order valence-corrected chi connectivity index (χ0v) is 13.4. The molecule has 4 aromatic rings. The lowest BCUT2D eigenvalue weighted by molar-refractivity contribution is 0.483. The van der Waals surface area contributed by atoms with E-state index in [4.69, 9.17) is 16.3 Å². The first kappa shape index (κ1) is 14.7. The fraction of sp³-hybridized carbons (Fsp3) is 0. The summed E-state index contributed by atoms with van der Waals surface area (Å²) in [7, 11) is 0. The number of nitrogens with zero attached hydrogens (tertiary/aromatic N) is 2. The Morgan fingerprint density at radius 2 is 1.54 bits per heavy atom. The van der Waals surface area contributed by atoms with E-state index in [0.29, 0.717) is 10.8 Å². The maximum absolute atomic E-state index is 6.32. The lowest BCUT2D eigenvalue weighted by Crippen LogP contribution is -1.89. The second kappa shape index (κ2) is 6.30. The van der Waals surface area contributed by atoms with Gasteiger partial charge in [0.2, 0.25) is 0 Å². The molecule has 0 atom stereocenters. The molecule has 0 aliphatic carbocycles. The van der Waals surface area contributed by atoms with E-state index >= 15 is 0 Å². The number of ether oxygens (including phenoxy) is 1. The molecule has 116 valence electrons. The molecule has 24 heavy (non-hydrogen) atoms. The summed E-state index contributed by atoms with van der Waals surface area (Å²) in [6.07, 6.45) is 1.71. The monoisotopic (exact) mass is 332 g/mol. The number of pyridine rings is 2. The Balaban J connectivity index is 1.66. The van der Waals surface area contributed by atoms with E-state index in [-0.39, 0.29) is 0 Å². The highest BCUT2D eigenvalue weighted by molar-refractivity contribution is 6.32. The maximum Gasteiger partial charge on any atom is 0.160 e. The number of rotatable bonds is 3. The van der Waals surface area contributed by atoms with Crippen molar-refractivity contribution in [2.24, 2.45) is 0 Å². The normalized spacial score (nSPS) is 10.7. The zero-order chi connectivity index (χ0) is 16.4. The highest BCUT2D eigenvalue weighted by atomic mass is 35.5. The van der Waals surface area contributed by atoms with Crippen molar-refractivity contribution in [2.45, 2.75) is 0 Å². The average molecular weight is 333 g/mol. The van der Waals surface area contributed by atoms with Crippen molar-refractivity contribution >= 4 is 22.6 Å². The highest BCUT2D eigenvalue weighted by Crippen LogP contribution is 2.31. The fourth-order valence-electron chi connectivity index (χ4n) is 2.51. The molecular weight excluding hydrogens is 320 g/mol. The van der Waals surface area contributed by atoms with Crippen LogP contribution in [0, 0.1) is 0 Å². The van der Waals surface area contributed by atoms with Crippen LogP contribution >= 0.6 is 11.6 Å². The van der Waals surface area contributed by atoms with Crippen molar-refractivity contribution in [3.8, 4) is 22.6 Å². The van der Waals surface area contributed by atoms with Gasteiger partial charge < -0.3 is 4.74 Å². The van der Waals surface area contributed by atoms with Gasteiger partial charge >= 0.3 is 0 Å². The van der Waals surface area contributed by atoms with Crippen molar-refractivity contribution in [2.75, 3.05) is 0 Å². The number of fused-ring (bicyclic) bond motifs is 1. The van der Waals surface area contributed by atoms with Crippen LogP contribution in [0.25, 0.3) is 22.2 Å². The van der Waals surface area contributed by atoms with E-state index in [0.717, 1.165) is 28.0 Å². The van der Waals surface area contributed by atoms with Gasteiger partial charge in [-0.25, -0.2) is 9.97 Å². The number of para-hydroxylation sites is 1. The Morgan fingerprint density at radius 1 is 0.792 bits per heavy atom. The molecule has 0 aliphatic heterocycles. The highest BCUT2D eigenvalue weighted by Gasteiger charge is 2.08. The molecule has 0 saturated carbocycles. The van der Waals surface area contributed by atoms with Gasteiger partial charge in [-0.3, -0.25) is 0 Å². The Bertz CT molecular complexity index is 985. The van der Waals surface area contributed by atoms with Crippen LogP contribution in [0.1, 0.15) is 0 Å². The van der Waals surface area contributed by atoms with Gasteiger partial charge in [-0.2, -0.15) is 0 Å². The van der Waals surface area contributed by atoms with Crippen molar-refractivity contribution in [3.63, 3.8) is 0 Å². The number of halogens is 1. The van der Waals surface area contributed by atoms with Gasteiger partial charge in [0.15, 0.2) is 5.65 Å². The van der Waals surface area contributed by atoms with Crippen LogP contribution in [0.4, 0.5) is 0 Å². The SMILES string of the molecule is Clc1nc2ncccc2cc1-c1ccc(Oc2ccccc2)cc1. The van der Waals surface area contributed by atoms with Crippen LogP contribution < -0.4 is 4.74 Å². The summed E-state index contributed by atoms with van der Waals surface area (Å²) in [5.74, 6) is 1.58. The summed E-state index contributed by atoms with van der Waals surface area (Å²) in [6, 6.07) is 23.3. The minimum atomic E-state index is 0.443. The number of benzene rings is 2. The molecule has 2 aromatic carbocycles. The molecule has 2 heterocycles. The minimum absolute atomic E-state index is 0.443. The first-order chi connectivity index (χ1) is 11.8. The van der Waals surface area contributed by atoms with E-state index in [9.17, 15) is 0 Å². The lowest BCUT2D eigenvalue weighted by atomic mass is 10.1. The largest absolute Gasteiger partial charge is 0.457 e. The minimum Gasteiger partial charge on any atom is -0.457 e. The van der Waals surface area contributed by atoms with Gasteiger partial charge in [0, 0.05) is 17.1 Å². The molecule has 0 radical (unpaired) electrons. The van der Waals surface area contributed by atoms with Crippen LogP contribution in [0.15, 0.2) is 79.0 Å². The molecule has 0 unspecified atom stereocenters. The Kier molecular flexibility index (Phi) is 3.85. The van der Waals surface area contributed by atoms with Crippen molar-refractivity contribution in [1.29, 1.82) is 0 Å². The van der Waals surface area contributed by atoms with Crippen molar-refractivity contribution < 1.29 is 4.74 Å². The molecule has 2 aromatic heterocycles. The number of aromatic nitrogens is 2. The third kappa shape index (κ3) is 2.94. The summed E-state index contributed by atoms with van der Waals surface area (Å²) in [5.41, 5.74) is 2.51. The smallest absolute Gasteiger partial charge is 0.160 e. The van der Waals surface area contributed by atoms with Crippen LogP contribution in [-0.4, -0.2) is 9.97 Å². The maximum atomic E-state index is 6.32. The van der Waals surface area contributed by atoms with Gasteiger partial charge in [-0.1, -0.05) is 41.9 Å². The molecule has 4 rings (SSSR count). The van der Waals surface area contributed by atoms with E-state index in [2.05, 4.69) is 9.97 Å². The molecule has 0 bridgehead atoms. The van der Waals surface area contributed by atoms with Gasteiger partial charge in [0.25, 0.3) is 0 Å². The predicted octanol–water partition coefficient (Wildman–Crippen LogP) is 5.74. The first-order valence-electron chi connectivity index (χ1n) is 7.54. The van der Waals surface area contributed by atoms with Crippen LogP contribution in [0.5, 0.6) is 11.5 Å². The molecule has 0 fully saturated rings. The van der Waals surface area contributed by atoms with Crippen molar-refractivity contribution in [3.05, 3.63) is 84.1 Å². The third-order valence-electron chi connectivity index (χ3n) is 3.69. The van der Waals surface area contributed by atoms with Crippen LogP contribution in [0.3, 0.4) is 0 Å². The summed E-state index contributed by atoms with van der Waals surface area (Å²) in [4.78, 5) is 8.59. The lowest BCUT2D eigenvalue weighted by Gasteiger charge is -2.08. The molecule has 0 amide bonds. The molecule has 0 aliphatic rings. The van der Waals surface area contributed by atoms with Crippen molar-refractivity contribution in [1.82, 2.24) is 9.97 Å².